The summed E-state index contributed by atoms with van der Waals surface area (Å²) in [5.41, 5.74) is 2.32. The molecule has 18 heavy (non-hydrogen) atoms. The van der Waals surface area contributed by atoms with E-state index in [1.807, 2.05) is 18.3 Å². The molecule has 0 aliphatic carbocycles. The first kappa shape index (κ1) is 11.7. The van der Waals surface area contributed by atoms with Crippen molar-refractivity contribution in [2.24, 2.45) is 0 Å². The first-order valence-electron chi connectivity index (χ1n) is 5.75. The quantitative estimate of drug-likeness (QED) is 0.654. The van der Waals surface area contributed by atoms with E-state index >= 15 is 0 Å². The Labute approximate surface area is 114 Å². The number of thiazole rings is 1. The summed E-state index contributed by atoms with van der Waals surface area (Å²) in [5.74, 6) is 0. The number of para-hydroxylation sites is 1. The number of aromatic nitrogens is 2. The molecule has 0 spiro atoms. The Balaban J connectivity index is 1.84. The van der Waals surface area contributed by atoms with Gasteiger partial charge in [-0.1, -0.05) is 30.0 Å². The maximum absolute atomic E-state index is 4.64. The molecule has 0 saturated carbocycles. The fraction of sp³-hybridized carbons (Fsp3) is 0.143. The monoisotopic (exact) mass is 272 g/mol. The highest BCUT2D eigenvalue weighted by atomic mass is 32.2. The van der Waals surface area contributed by atoms with Crippen LogP contribution < -0.4 is 0 Å². The van der Waals surface area contributed by atoms with E-state index in [1.165, 1.54) is 10.3 Å². The van der Waals surface area contributed by atoms with Gasteiger partial charge in [0.25, 0.3) is 0 Å². The predicted octanol–water partition coefficient (Wildman–Crippen LogP) is 4.54. The Morgan fingerprint density at radius 2 is 2.06 bits per heavy atom. The Hall–Kier alpha value is -1.39. The number of nitrogens with zero attached hydrogens (tertiary/aromatic N) is 2. The topological polar surface area (TPSA) is 25.8 Å². The molecule has 0 aliphatic rings. The fourth-order valence-electron chi connectivity index (χ4n) is 1.74. The van der Waals surface area contributed by atoms with Crippen molar-refractivity contribution in [2.45, 2.75) is 16.5 Å². The summed E-state index contributed by atoms with van der Waals surface area (Å²) in [5, 5.41) is 0.374. The van der Waals surface area contributed by atoms with Crippen LogP contribution in [0.1, 0.15) is 17.7 Å². The van der Waals surface area contributed by atoms with Crippen LogP contribution in [0.25, 0.3) is 10.2 Å². The summed E-state index contributed by atoms with van der Waals surface area (Å²) < 4.78 is 2.37. The average Bonchev–Trinajstić information content (AvgIpc) is 2.82. The first-order valence-corrected chi connectivity index (χ1v) is 7.45. The molecule has 0 amide bonds. The smallest absolute Gasteiger partial charge is 0.151 e. The van der Waals surface area contributed by atoms with Crippen molar-refractivity contribution in [1.29, 1.82) is 0 Å². The van der Waals surface area contributed by atoms with Gasteiger partial charge in [0.1, 0.15) is 0 Å². The molecule has 3 rings (SSSR count). The van der Waals surface area contributed by atoms with Crippen LogP contribution in [0.15, 0.2) is 53.1 Å². The standard InChI is InChI=1S/C14H12N2S2/c1-10(11-5-4-8-15-9-11)17-14-16-12-6-2-3-7-13(12)18-14/h2-10H,1H3/t10-/m0/s1. The molecule has 0 bridgehead atoms. The maximum Gasteiger partial charge on any atom is 0.151 e. The summed E-state index contributed by atoms with van der Waals surface area (Å²) in [6, 6.07) is 12.3. The van der Waals surface area contributed by atoms with Crippen LogP contribution in [0.3, 0.4) is 0 Å². The minimum Gasteiger partial charge on any atom is -0.264 e. The zero-order valence-corrected chi connectivity index (χ0v) is 11.5. The molecular weight excluding hydrogens is 260 g/mol. The number of pyridine rings is 1. The molecule has 0 aliphatic heterocycles. The maximum atomic E-state index is 4.64. The molecular formula is C14H12N2S2. The van der Waals surface area contributed by atoms with Gasteiger partial charge in [-0.25, -0.2) is 4.98 Å². The Morgan fingerprint density at radius 3 is 2.83 bits per heavy atom. The molecule has 3 aromatic rings. The van der Waals surface area contributed by atoms with Crippen molar-refractivity contribution in [3.8, 4) is 0 Å². The predicted molar refractivity (Wildman–Crippen MR) is 78.1 cm³/mol. The third-order valence-corrected chi connectivity index (χ3v) is 4.99. The molecule has 0 fully saturated rings. The van der Waals surface area contributed by atoms with Gasteiger partial charge >= 0.3 is 0 Å². The van der Waals surface area contributed by atoms with E-state index in [-0.39, 0.29) is 0 Å². The lowest BCUT2D eigenvalue weighted by molar-refractivity contribution is 1.06. The van der Waals surface area contributed by atoms with E-state index in [9.17, 15) is 0 Å². The van der Waals surface area contributed by atoms with E-state index in [4.69, 9.17) is 0 Å². The molecule has 0 radical (unpaired) electrons. The SMILES string of the molecule is C[C@H](Sc1nc2ccccc2s1)c1cccnc1. The van der Waals surface area contributed by atoms with Crippen LogP contribution >= 0.6 is 23.1 Å². The van der Waals surface area contributed by atoms with Crippen LogP contribution in [0.5, 0.6) is 0 Å². The van der Waals surface area contributed by atoms with Gasteiger partial charge in [-0.3, -0.25) is 4.98 Å². The highest BCUT2D eigenvalue weighted by molar-refractivity contribution is 8.01. The van der Waals surface area contributed by atoms with E-state index < -0.39 is 0 Å². The van der Waals surface area contributed by atoms with E-state index in [0.717, 1.165) is 9.86 Å². The molecule has 0 N–H and O–H groups in total. The molecule has 2 nitrogen and oxygen atoms in total. The van der Waals surface area contributed by atoms with E-state index in [2.05, 4.69) is 41.2 Å². The van der Waals surface area contributed by atoms with Gasteiger partial charge in [0, 0.05) is 17.6 Å². The lowest BCUT2D eigenvalue weighted by Gasteiger charge is -2.07. The Kier molecular flexibility index (Phi) is 3.30. The number of benzene rings is 1. The lowest BCUT2D eigenvalue weighted by Crippen LogP contribution is -1.88. The molecule has 2 aromatic heterocycles. The zero-order chi connectivity index (χ0) is 12.4. The van der Waals surface area contributed by atoms with Gasteiger partial charge in [-0.2, -0.15) is 0 Å². The van der Waals surface area contributed by atoms with Crippen LogP contribution in [0.4, 0.5) is 0 Å². The average molecular weight is 272 g/mol. The van der Waals surface area contributed by atoms with Crippen molar-refractivity contribution < 1.29 is 0 Å². The van der Waals surface area contributed by atoms with E-state index in [1.54, 1.807) is 29.3 Å². The minimum atomic E-state index is 0.374. The number of hydrogen-bond acceptors (Lipinski definition) is 4. The van der Waals surface area contributed by atoms with Crippen LogP contribution in [-0.2, 0) is 0 Å². The minimum absolute atomic E-state index is 0.374. The van der Waals surface area contributed by atoms with Gasteiger partial charge in [0.2, 0.25) is 0 Å². The van der Waals surface area contributed by atoms with Crippen molar-refractivity contribution in [2.75, 3.05) is 0 Å². The van der Waals surface area contributed by atoms with Gasteiger partial charge in [0.15, 0.2) is 4.34 Å². The molecule has 1 aromatic carbocycles. The molecule has 0 saturated heterocycles. The summed E-state index contributed by atoms with van der Waals surface area (Å²) >= 11 is 3.54. The Morgan fingerprint density at radius 1 is 1.17 bits per heavy atom. The first-order chi connectivity index (χ1) is 8.83. The third kappa shape index (κ3) is 2.40. The van der Waals surface area contributed by atoms with Crippen LogP contribution in [-0.4, -0.2) is 9.97 Å². The second-order valence-corrected chi connectivity index (χ2v) is 6.61. The second-order valence-electron chi connectivity index (χ2n) is 3.99. The van der Waals surface area contributed by atoms with Crippen LogP contribution in [0.2, 0.25) is 0 Å². The lowest BCUT2D eigenvalue weighted by atomic mass is 10.2. The van der Waals surface area contributed by atoms with Gasteiger partial charge in [-0.05, 0) is 30.7 Å². The summed E-state index contributed by atoms with van der Waals surface area (Å²) in [6.07, 6.45) is 3.73. The van der Waals surface area contributed by atoms with E-state index in [0.29, 0.717) is 5.25 Å². The fourth-order valence-corrected chi connectivity index (χ4v) is 4.06. The third-order valence-electron chi connectivity index (χ3n) is 2.71. The summed E-state index contributed by atoms with van der Waals surface area (Å²) in [4.78, 5) is 8.80. The number of rotatable bonds is 3. The van der Waals surface area contributed by atoms with Gasteiger partial charge < -0.3 is 0 Å². The molecule has 1 atom stereocenters. The number of hydrogen-bond donors (Lipinski definition) is 0. The van der Waals surface area contributed by atoms with Gasteiger partial charge in [0.05, 0.1) is 10.2 Å². The van der Waals surface area contributed by atoms with Crippen molar-refractivity contribution in [1.82, 2.24) is 9.97 Å². The van der Waals surface area contributed by atoms with Crippen molar-refractivity contribution >= 4 is 33.3 Å². The normalized spacial score (nSPS) is 12.7. The number of fused-ring (bicyclic) bond motifs is 1. The summed E-state index contributed by atoms with van der Waals surface area (Å²) in [7, 11) is 0. The second kappa shape index (κ2) is 5.08. The summed E-state index contributed by atoms with van der Waals surface area (Å²) in [6.45, 7) is 2.19. The highest BCUT2D eigenvalue weighted by Gasteiger charge is 2.11. The molecule has 0 unspecified atom stereocenters. The molecule has 4 heteroatoms. The number of thioether (sulfide) groups is 1. The van der Waals surface area contributed by atoms with Crippen molar-refractivity contribution in [3.05, 3.63) is 54.4 Å². The van der Waals surface area contributed by atoms with Gasteiger partial charge in [-0.15, -0.1) is 11.3 Å². The molecule has 90 valence electrons. The van der Waals surface area contributed by atoms with Crippen LogP contribution in [0, 0.1) is 0 Å². The highest BCUT2D eigenvalue weighted by Crippen LogP contribution is 2.38. The largest absolute Gasteiger partial charge is 0.264 e. The van der Waals surface area contributed by atoms with Crippen molar-refractivity contribution in [3.63, 3.8) is 0 Å². The zero-order valence-electron chi connectivity index (χ0n) is 9.91. The molecule has 2 heterocycles. The Bertz CT molecular complexity index is 616.